The first kappa shape index (κ1) is 11.4. The van der Waals surface area contributed by atoms with Crippen LogP contribution in [0.1, 0.15) is 16.1 Å². The van der Waals surface area contributed by atoms with Gasteiger partial charge in [-0.15, -0.1) is 11.3 Å². The van der Waals surface area contributed by atoms with Gasteiger partial charge < -0.3 is 5.32 Å². The lowest BCUT2D eigenvalue weighted by Gasteiger charge is -2.08. The molecule has 2 nitrogen and oxygen atoms in total. The van der Waals surface area contributed by atoms with Crippen molar-refractivity contribution in [2.45, 2.75) is 20.4 Å². The highest BCUT2D eigenvalue weighted by molar-refractivity contribution is 7.10. The van der Waals surface area contributed by atoms with Crippen molar-refractivity contribution >= 4 is 28.6 Å². The lowest BCUT2D eigenvalue weighted by molar-refractivity contribution is 1.12. The Morgan fingerprint density at radius 2 is 2.12 bits per heavy atom. The number of nitrogens with zero attached hydrogens (tertiary/aromatic N) is 1. The normalized spacial score (nSPS) is 10.4. The fourth-order valence-electron chi connectivity index (χ4n) is 1.48. The number of anilines is 1. The molecule has 2 aromatic rings. The van der Waals surface area contributed by atoms with E-state index in [9.17, 15) is 0 Å². The summed E-state index contributed by atoms with van der Waals surface area (Å²) in [6.07, 6.45) is 0. The fraction of sp³-hybridized carbons (Fsp3) is 0.250. The Morgan fingerprint density at radius 1 is 1.31 bits per heavy atom. The van der Waals surface area contributed by atoms with E-state index < -0.39 is 0 Å². The van der Waals surface area contributed by atoms with Crippen molar-refractivity contribution in [2.24, 2.45) is 0 Å². The average molecular weight is 253 g/mol. The van der Waals surface area contributed by atoms with Gasteiger partial charge >= 0.3 is 0 Å². The number of hydrogen-bond acceptors (Lipinski definition) is 3. The Morgan fingerprint density at radius 3 is 2.75 bits per heavy atom. The summed E-state index contributed by atoms with van der Waals surface area (Å²) in [5.41, 5.74) is 3.30. The Labute approximate surface area is 104 Å². The number of thiophene rings is 1. The van der Waals surface area contributed by atoms with Crippen LogP contribution in [-0.2, 0) is 6.54 Å². The molecular weight excluding hydrogens is 240 g/mol. The lowest BCUT2D eigenvalue weighted by Crippen LogP contribution is -2.01. The largest absolute Gasteiger partial charge is 0.379 e. The molecule has 0 saturated heterocycles. The predicted octanol–water partition coefficient (Wildman–Crippen LogP) is 4.03. The molecular formula is C12H13ClN2S. The molecule has 0 unspecified atom stereocenters. The molecule has 2 aromatic heterocycles. The minimum Gasteiger partial charge on any atom is -0.379 e. The zero-order chi connectivity index (χ0) is 11.5. The van der Waals surface area contributed by atoms with Crippen molar-refractivity contribution in [2.75, 3.05) is 5.32 Å². The molecule has 1 N–H and O–H groups in total. The third-order valence-corrected chi connectivity index (χ3v) is 3.69. The van der Waals surface area contributed by atoms with Crippen molar-refractivity contribution in [3.63, 3.8) is 0 Å². The van der Waals surface area contributed by atoms with Crippen molar-refractivity contribution in [3.8, 4) is 0 Å². The number of aryl methyl sites for hydroxylation is 2. The Bertz CT molecular complexity index is 494. The Balaban J connectivity index is 2.08. The van der Waals surface area contributed by atoms with Gasteiger partial charge in [-0.25, -0.2) is 4.98 Å². The first-order valence-electron chi connectivity index (χ1n) is 5.07. The zero-order valence-electron chi connectivity index (χ0n) is 9.25. The van der Waals surface area contributed by atoms with Gasteiger partial charge in [0.25, 0.3) is 0 Å². The van der Waals surface area contributed by atoms with Crippen molar-refractivity contribution in [1.29, 1.82) is 0 Å². The Kier molecular flexibility index (Phi) is 3.46. The number of rotatable bonds is 3. The molecule has 0 bridgehead atoms. The van der Waals surface area contributed by atoms with E-state index in [1.807, 2.05) is 13.0 Å². The van der Waals surface area contributed by atoms with Crippen molar-refractivity contribution in [1.82, 2.24) is 4.98 Å². The van der Waals surface area contributed by atoms with Gasteiger partial charge in [0.1, 0.15) is 5.15 Å². The van der Waals surface area contributed by atoms with Crippen LogP contribution in [0.3, 0.4) is 0 Å². The van der Waals surface area contributed by atoms with Gasteiger partial charge in [0.15, 0.2) is 0 Å². The fourth-order valence-corrected chi connectivity index (χ4v) is 2.51. The van der Waals surface area contributed by atoms with Crippen LogP contribution in [0.25, 0.3) is 0 Å². The van der Waals surface area contributed by atoms with E-state index in [1.54, 1.807) is 17.4 Å². The van der Waals surface area contributed by atoms with Gasteiger partial charge in [-0.1, -0.05) is 11.6 Å². The topological polar surface area (TPSA) is 24.9 Å². The molecule has 0 amide bonds. The number of nitrogens with one attached hydrogen (secondary N) is 1. The van der Waals surface area contributed by atoms with E-state index in [4.69, 9.17) is 11.6 Å². The number of pyridine rings is 1. The molecule has 0 aliphatic rings. The highest BCUT2D eigenvalue weighted by Crippen LogP contribution is 2.20. The molecule has 4 heteroatoms. The van der Waals surface area contributed by atoms with Crippen LogP contribution in [0.15, 0.2) is 23.6 Å². The van der Waals surface area contributed by atoms with E-state index in [2.05, 4.69) is 28.7 Å². The molecule has 2 rings (SSSR count). The maximum absolute atomic E-state index is 5.81. The summed E-state index contributed by atoms with van der Waals surface area (Å²) in [6, 6.07) is 5.90. The second-order valence-corrected chi connectivity index (χ2v) is 5.04. The standard InChI is InChI=1S/C12H13ClN2S/c1-8-5-6-16-11(8)7-14-10-3-4-12(13)15-9(10)2/h3-6,14H,7H2,1-2H3. The highest BCUT2D eigenvalue weighted by Gasteiger charge is 2.02. The van der Waals surface area contributed by atoms with Crippen LogP contribution < -0.4 is 5.32 Å². The van der Waals surface area contributed by atoms with Crippen LogP contribution in [0.5, 0.6) is 0 Å². The SMILES string of the molecule is Cc1ccsc1CNc1ccc(Cl)nc1C. The van der Waals surface area contributed by atoms with Gasteiger partial charge in [0.2, 0.25) is 0 Å². The van der Waals surface area contributed by atoms with Gasteiger partial charge in [0.05, 0.1) is 11.4 Å². The molecule has 0 atom stereocenters. The second kappa shape index (κ2) is 4.85. The average Bonchev–Trinajstić information content (AvgIpc) is 2.63. The summed E-state index contributed by atoms with van der Waals surface area (Å²) in [4.78, 5) is 5.56. The smallest absolute Gasteiger partial charge is 0.129 e. The molecule has 0 aromatic carbocycles. The lowest BCUT2D eigenvalue weighted by atomic mass is 10.2. The summed E-state index contributed by atoms with van der Waals surface area (Å²) in [7, 11) is 0. The second-order valence-electron chi connectivity index (χ2n) is 3.65. The molecule has 0 fully saturated rings. The number of halogens is 1. The maximum atomic E-state index is 5.81. The van der Waals surface area contributed by atoms with Crippen LogP contribution in [-0.4, -0.2) is 4.98 Å². The minimum atomic E-state index is 0.537. The monoisotopic (exact) mass is 252 g/mol. The van der Waals surface area contributed by atoms with Crippen LogP contribution in [0.2, 0.25) is 5.15 Å². The van der Waals surface area contributed by atoms with E-state index >= 15 is 0 Å². The highest BCUT2D eigenvalue weighted by atomic mass is 35.5. The molecule has 0 radical (unpaired) electrons. The summed E-state index contributed by atoms with van der Waals surface area (Å²) in [5, 5.41) is 6.02. The molecule has 0 aliphatic carbocycles. The van der Waals surface area contributed by atoms with Crippen LogP contribution in [0, 0.1) is 13.8 Å². The maximum Gasteiger partial charge on any atom is 0.129 e. The molecule has 2 heterocycles. The van der Waals surface area contributed by atoms with Gasteiger partial charge in [-0.3, -0.25) is 0 Å². The third kappa shape index (κ3) is 2.54. The first-order valence-corrected chi connectivity index (χ1v) is 6.32. The summed E-state index contributed by atoms with van der Waals surface area (Å²) in [5.74, 6) is 0. The van der Waals surface area contributed by atoms with Gasteiger partial charge in [-0.05, 0) is 43.0 Å². The Hall–Kier alpha value is -1.06. The zero-order valence-corrected chi connectivity index (χ0v) is 10.8. The van der Waals surface area contributed by atoms with Crippen molar-refractivity contribution in [3.05, 3.63) is 44.9 Å². The van der Waals surface area contributed by atoms with Gasteiger partial charge in [0, 0.05) is 11.4 Å². The first-order chi connectivity index (χ1) is 7.66. The molecule has 0 aliphatic heterocycles. The van der Waals surface area contributed by atoms with E-state index in [-0.39, 0.29) is 0 Å². The molecule has 0 saturated carbocycles. The van der Waals surface area contributed by atoms with Crippen LogP contribution >= 0.6 is 22.9 Å². The minimum absolute atomic E-state index is 0.537. The van der Waals surface area contributed by atoms with Crippen molar-refractivity contribution < 1.29 is 0 Å². The van der Waals surface area contributed by atoms with Gasteiger partial charge in [-0.2, -0.15) is 0 Å². The quantitative estimate of drug-likeness (QED) is 0.835. The van der Waals surface area contributed by atoms with E-state index in [1.165, 1.54) is 10.4 Å². The molecule has 84 valence electrons. The number of hydrogen-bond donors (Lipinski definition) is 1. The van der Waals surface area contributed by atoms with E-state index in [0.29, 0.717) is 5.15 Å². The summed E-state index contributed by atoms with van der Waals surface area (Å²) >= 11 is 7.57. The molecule has 16 heavy (non-hydrogen) atoms. The predicted molar refractivity (Wildman–Crippen MR) is 70.4 cm³/mol. The molecule has 0 spiro atoms. The summed E-state index contributed by atoms with van der Waals surface area (Å²) < 4.78 is 0. The number of aromatic nitrogens is 1. The summed E-state index contributed by atoms with van der Waals surface area (Å²) in [6.45, 7) is 4.92. The van der Waals surface area contributed by atoms with E-state index in [0.717, 1.165) is 17.9 Å². The van der Waals surface area contributed by atoms with Crippen LogP contribution in [0.4, 0.5) is 5.69 Å². The third-order valence-electron chi connectivity index (χ3n) is 2.46.